The lowest BCUT2D eigenvalue weighted by Crippen LogP contribution is -2.38. The second-order valence-electron chi connectivity index (χ2n) is 3.22. The van der Waals surface area contributed by atoms with Gasteiger partial charge in [-0.2, -0.15) is 0 Å². The molecule has 2 heteroatoms. The maximum absolute atomic E-state index is 3.94. The number of nitrogens with one attached hydrogen (secondary N) is 1. The first-order valence-electron chi connectivity index (χ1n) is 4.11. The van der Waals surface area contributed by atoms with Gasteiger partial charge >= 0.3 is 0 Å². The van der Waals surface area contributed by atoms with Crippen molar-refractivity contribution in [2.75, 3.05) is 27.2 Å². The molecule has 1 unspecified atom stereocenters. The van der Waals surface area contributed by atoms with E-state index in [1.165, 1.54) is 5.57 Å². The van der Waals surface area contributed by atoms with Crippen LogP contribution in [0.15, 0.2) is 12.2 Å². The Bertz CT molecular complexity index is 119. The number of nitrogens with zero attached hydrogens (tertiary/aromatic N) is 1. The molecule has 11 heavy (non-hydrogen) atoms. The normalized spacial score (nSPS) is 13.5. The van der Waals surface area contributed by atoms with Gasteiger partial charge in [-0.1, -0.05) is 19.1 Å². The predicted molar refractivity (Wildman–Crippen MR) is 50.8 cm³/mol. The van der Waals surface area contributed by atoms with Gasteiger partial charge in [-0.3, -0.25) is 0 Å². The van der Waals surface area contributed by atoms with Crippen LogP contribution in [-0.2, 0) is 0 Å². The topological polar surface area (TPSA) is 15.3 Å². The van der Waals surface area contributed by atoms with Crippen LogP contribution in [0.3, 0.4) is 0 Å². The molecule has 0 saturated carbocycles. The molecule has 0 spiro atoms. The second-order valence-corrected chi connectivity index (χ2v) is 3.22. The third kappa shape index (κ3) is 4.99. The highest BCUT2D eigenvalue weighted by atomic mass is 15.1. The molecule has 2 nitrogen and oxygen atoms in total. The predicted octanol–water partition coefficient (Wildman–Crippen LogP) is 1.10. The molecule has 0 aliphatic carbocycles. The molecule has 0 heterocycles. The molecule has 0 aromatic rings. The van der Waals surface area contributed by atoms with Crippen LogP contribution in [0.1, 0.15) is 13.8 Å². The molecule has 0 fully saturated rings. The van der Waals surface area contributed by atoms with Crippen molar-refractivity contribution >= 4 is 0 Å². The van der Waals surface area contributed by atoms with E-state index in [1.807, 2.05) is 0 Å². The monoisotopic (exact) mass is 156 g/mol. The third-order valence-corrected chi connectivity index (χ3v) is 1.59. The first-order valence-corrected chi connectivity index (χ1v) is 4.11. The lowest BCUT2D eigenvalue weighted by Gasteiger charge is -2.21. The van der Waals surface area contributed by atoms with Crippen molar-refractivity contribution in [1.82, 2.24) is 10.2 Å². The first-order chi connectivity index (χ1) is 5.07. The van der Waals surface area contributed by atoms with Crippen molar-refractivity contribution in [3.63, 3.8) is 0 Å². The van der Waals surface area contributed by atoms with Gasteiger partial charge in [0.25, 0.3) is 0 Å². The van der Waals surface area contributed by atoms with E-state index in [0.29, 0.717) is 6.04 Å². The minimum atomic E-state index is 0.440. The highest BCUT2D eigenvalue weighted by Gasteiger charge is 2.07. The molecule has 1 atom stereocenters. The third-order valence-electron chi connectivity index (χ3n) is 1.59. The summed E-state index contributed by atoms with van der Waals surface area (Å²) in [4.78, 5) is 2.17. The van der Waals surface area contributed by atoms with Crippen molar-refractivity contribution in [1.29, 1.82) is 0 Å². The van der Waals surface area contributed by atoms with Crippen LogP contribution in [0.5, 0.6) is 0 Å². The van der Waals surface area contributed by atoms with Crippen molar-refractivity contribution in [3.05, 3.63) is 12.2 Å². The van der Waals surface area contributed by atoms with Crippen LogP contribution < -0.4 is 5.32 Å². The summed E-state index contributed by atoms with van der Waals surface area (Å²) in [5.41, 5.74) is 1.21. The maximum Gasteiger partial charge on any atom is 0.0402 e. The molecule has 0 bridgehead atoms. The molecule has 0 radical (unpaired) electrons. The summed E-state index contributed by atoms with van der Waals surface area (Å²) >= 11 is 0. The Morgan fingerprint density at radius 1 is 1.55 bits per heavy atom. The molecule has 66 valence electrons. The van der Waals surface area contributed by atoms with E-state index in [1.54, 1.807) is 0 Å². The Kier molecular flexibility index (Phi) is 5.16. The number of rotatable bonds is 5. The second kappa shape index (κ2) is 5.33. The highest BCUT2D eigenvalue weighted by Crippen LogP contribution is 1.98. The van der Waals surface area contributed by atoms with E-state index in [0.717, 1.165) is 13.1 Å². The fourth-order valence-corrected chi connectivity index (χ4v) is 1.01. The summed E-state index contributed by atoms with van der Waals surface area (Å²) in [6, 6.07) is 0.440. The molecule has 0 aromatic heterocycles. The van der Waals surface area contributed by atoms with Crippen LogP contribution in [-0.4, -0.2) is 38.1 Å². The minimum absolute atomic E-state index is 0.440. The molecular weight excluding hydrogens is 136 g/mol. The first kappa shape index (κ1) is 10.7. The summed E-state index contributed by atoms with van der Waals surface area (Å²) in [6.45, 7) is 10.2. The average Bonchev–Trinajstić information content (AvgIpc) is 1.86. The molecular formula is C9H20N2. The molecule has 0 aromatic carbocycles. The average molecular weight is 156 g/mol. The van der Waals surface area contributed by atoms with Crippen LogP contribution in [0.4, 0.5) is 0 Å². The zero-order chi connectivity index (χ0) is 8.85. The van der Waals surface area contributed by atoms with Gasteiger partial charge in [-0.25, -0.2) is 0 Å². The maximum atomic E-state index is 3.94. The lowest BCUT2D eigenvalue weighted by molar-refractivity contribution is 0.362. The Balaban J connectivity index is 3.79. The van der Waals surface area contributed by atoms with Gasteiger partial charge in [0, 0.05) is 12.6 Å². The molecule has 0 rings (SSSR count). The summed E-state index contributed by atoms with van der Waals surface area (Å²) in [6.07, 6.45) is 0. The Morgan fingerprint density at radius 2 is 2.09 bits per heavy atom. The molecule has 1 N–H and O–H groups in total. The van der Waals surface area contributed by atoms with E-state index in [2.05, 4.69) is 44.7 Å². The fourth-order valence-electron chi connectivity index (χ4n) is 1.01. The Labute approximate surface area is 70.3 Å². The van der Waals surface area contributed by atoms with Gasteiger partial charge in [0.1, 0.15) is 0 Å². The zero-order valence-corrected chi connectivity index (χ0v) is 8.15. The lowest BCUT2D eigenvalue weighted by atomic mass is 10.1. The zero-order valence-electron chi connectivity index (χ0n) is 8.15. The van der Waals surface area contributed by atoms with Crippen LogP contribution in [0.25, 0.3) is 0 Å². The van der Waals surface area contributed by atoms with E-state index in [9.17, 15) is 0 Å². The summed E-state index contributed by atoms with van der Waals surface area (Å²) in [5, 5.41) is 3.37. The van der Waals surface area contributed by atoms with E-state index in [-0.39, 0.29) is 0 Å². The summed E-state index contributed by atoms with van der Waals surface area (Å²) in [5.74, 6) is 0. The molecule has 0 aliphatic heterocycles. The van der Waals surface area contributed by atoms with Gasteiger partial charge in [0.15, 0.2) is 0 Å². The van der Waals surface area contributed by atoms with Gasteiger partial charge in [0.05, 0.1) is 0 Å². The van der Waals surface area contributed by atoms with Crippen molar-refractivity contribution in [2.45, 2.75) is 19.9 Å². The van der Waals surface area contributed by atoms with Crippen molar-refractivity contribution in [2.24, 2.45) is 0 Å². The van der Waals surface area contributed by atoms with Crippen LogP contribution >= 0.6 is 0 Å². The van der Waals surface area contributed by atoms with E-state index >= 15 is 0 Å². The number of likely N-dealkylation sites (N-methyl/N-ethyl adjacent to an activating group) is 2. The van der Waals surface area contributed by atoms with Gasteiger partial charge < -0.3 is 10.2 Å². The van der Waals surface area contributed by atoms with Crippen molar-refractivity contribution in [3.8, 4) is 0 Å². The minimum Gasteiger partial charge on any atom is -0.309 e. The molecule has 0 aliphatic rings. The van der Waals surface area contributed by atoms with E-state index < -0.39 is 0 Å². The Hall–Kier alpha value is -0.340. The van der Waals surface area contributed by atoms with Gasteiger partial charge in [-0.05, 0) is 27.6 Å². The standard InChI is InChI=1S/C9H20N2/c1-6-10-9(8(2)3)7-11(4)5/h9-10H,2,6-7H2,1,3-5H3. The summed E-state index contributed by atoms with van der Waals surface area (Å²) in [7, 11) is 4.15. The van der Waals surface area contributed by atoms with Gasteiger partial charge in [-0.15, -0.1) is 0 Å². The molecule has 0 saturated heterocycles. The fraction of sp³-hybridized carbons (Fsp3) is 0.778. The SMILES string of the molecule is C=C(C)C(CN(C)C)NCC. The van der Waals surface area contributed by atoms with E-state index in [4.69, 9.17) is 0 Å². The number of hydrogen-bond donors (Lipinski definition) is 1. The largest absolute Gasteiger partial charge is 0.309 e. The Morgan fingerprint density at radius 3 is 2.36 bits per heavy atom. The highest BCUT2D eigenvalue weighted by molar-refractivity contribution is 5.02. The van der Waals surface area contributed by atoms with Crippen LogP contribution in [0.2, 0.25) is 0 Å². The van der Waals surface area contributed by atoms with Crippen molar-refractivity contribution < 1.29 is 0 Å². The summed E-state index contributed by atoms with van der Waals surface area (Å²) < 4.78 is 0. The smallest absolute Gasteiger partial charge is 0.0402 e. The molecule has 0 amide bonds. The number of hydrogen-bond acceptors (Lipinski definition) is 2. The van der Waals surface area contributed by atoms with Crippen LogP contribution in [0, 0.1) is 0 Å². The quantitative estimate of drug-likeness (QED) is 0.600. The van der Waals surface area contributed by atoms with Gasteiger partial charge in [0.2, 0.25) is 0 Å².